The second-order valence-electron chi connectivity index (χ2n) is 5.58. The zero-order valence-corrected chi connectivity index (χ0v) is 13.8. The second kappa shape index (κ2) is 6.47. The van der Waals surface area contributed by atoms with E-state index in [0.717, 1.165) is 35.8 Å². The molecule has 3 aromatic rings. The molecule has 0 radical (unpaired) electrons. The monoisotopic (exact) mass is 325 g/mol. The number of fused-ring (bicyclic) bond motifs is 1. The smallest absolute Gasteiger partial charge is 0.140 e. The van der Waals surface area contributed by atoms with Crippen molar-refractivity contribution >= 4 is 0 Å². The van der Waals surface area contributed by atoms with Crippen molar-refractivity contribution in [1.82, 2.24) is 9.55 Å². The first-order chi connectivity index (χ1) is 10.9. The maximum atomic E-state index is 5.25. The van der Waals surface area contributed by atoms with Crippen LogP contribution in [-0.4, -0.2) is 16.7 Å². The van der Waals surface area contributed by atoms with Crippen LogP contribution in [0.15, 0.2) is 54.6 Å². The summed E-state index contributed by atoms with van der Waals surface area (Å²) in [4.78, 5) is 4.95. The van der Waals surface area contributed by atoms with Gasteiger partial charge in [0.25, 0.3) is 0 Å². The Morgan fingerprint density at radius 1 is 0.957 bits per heavy atom. The standard InChI is InChI=1S/C19H18N2O.ClH/c1-22-16-11-9-14(10-12-16)18-17-8-5-13-21(17)19(20-18)15-6-3-2-4-7-15;/h2-4,6-7,9-12H,5,8,13H2,1H3;1H/p-1. The summed E-state index contributed by atoms with van der Waals surface area (Å²) in [6, 6.07) is 18.6. The Bertz CT molecular complexity index is 794. The first kappa shape index (κ1) is 15.6. The maximum absolute atomic E-state index is 5.25. The zero-order valence-electron chi connectivity index (χ0n) is 13.0. The molecule has 0 unspecified atom stereocenters. The molecule has 1 aliphatic rings. The highest BCUT2D eigenvalue weighted by Gasteiger charge is 2.22. The van der Waals surface area contributed by atoms with E-state index in [1.807, 2.05) is 18.2 Å². The van der Waals surface area contributed by atoms with E-state index in [-0.39, 0.29) is 12.4 Å². The molecule has 0 saturated heterocycles. The zero-order chi connectivity index (χ0) is 14.9. The van der Waals surface area contributed by atoms with Gasteiger partial charge >= 0.3 is 0 Å². The van der Waals surface area contributed by atoms with Crippen molar-refractivity contribution in [3.8, 4) is 28.4 Å². The summed E-state index contributed by atoms with van der Waals surface area (Å²) < 4.78 is 7.62. The van der Waals surface area contributed by atoms with Crippen LogP contribution >= 0.6 is 0 Å². The van der Waals surface area contributed by atoms with Crippen molar-refractivity contribution in [2.75, 3.05) is 7.11 Å². The van der Waals surface area contributed by atoms with Gasteiger partial charge in [0.15, 0.2) is 0 Å². The number of ether oxygens (including phenoxy) is 1. The molecule has 0 fully saturated rings. The molecule has 0 spiro atoms. The third-order valence-corrected chi connectivity index (χ3v) is 4.26. The molecule has 23 heavy (non-hydrogen) atoms. The van der Waals surface area contributed by atoms with E-state index in [1.54, 1.807) is 7.11 Å². The number of benzene rings is 2. The molecule has 0 atom stereocenters. The van der Waals surface area contributed by atoms with Crippen molar-refractivity contribution in [2.45, 2.75) is 19.4 Å². The quantitative estimate of drug-likeness (QED) is 0.723. The average molecular weight is 326 g/mol. The SMILES string of the molecule is COc1ccc(-c2nc(-c3ccccc3)n3c2CCC3)cc1.[Cl-]. The van der Waals surface area contributed by atoms with Crippen molar-refractivity contribution in [3.63, 3.8) is 0 Å². The number of hydrogen-bond acceptors (Lipinski definition) is 2. The molecule has 2 aromatic carbocycles. The fourth-order valence-corrected chi connectivity index (χ4v) is 3.17. The minimum Gasteiger partial charge on any atom is -1.00 e. The lowest BCUT2D eigenvalue weighted by atomic mass is 10.1. The molecular weight excluding hydrogens is 308 g/mol. The van der Waals surface area contributed by atoms with Crippen LogP contribution in [0.3, 0.4) is 0 Å². The normalized spacial score (nSPS) is 12.6. The van der Waals surface area contributed by atoms with Crippen LogP contribution in [0.2, 0.25) is 0 Å². The van der Waals surface area contributed by atoms with Gasteiger partial charge in [0, 0.05) is 23.4 Å². The topological polar surface area (TPSA) is 27.1 Å². The van der Waals surface area contributed by atoms with Gasteiger partial charge in [0.05, 0.1) is 12.8 Å². The van der Waals surface area contributed by atoms with Crippen molar-refractivity contribution in [2.24, 2.45) is 0 Å². The van der Waals surface area contributed by atoms with Crippen LogP contribution in [0, 0.1) is 0 Å². The van der Waals surface area contributed by atoms with E-state index >= 15 is 0 Å². The lowest BCUT2D eigenvalue weighted by Crippen LogP contribution is -3.00. The molecule has 0 amide bonds. The number of nitrogens with zero attached hydrogens (tertiary/aromatic N) is 2. The summed E-state index contributed by atoms with van der Waals surface area (Å²) in [5.74, 6) is 1.96. The Labute approximate surface area is 142 Å². The van der Waals surface area contributed by atoms with Gasteiger partial charge in [-0.1, -0.05) is 30.3 Å². The van der Waals surface area contributed by atoms with Gasteiger partial charge in [-0.3, -0.25) is 0 Å². The largest absolute Gasteiger partial charge is 1.00 e. The minimum absolute atomic E-state index is 0. The van der Waals surface area contributed by atoms with Gasteiger partial charge in [0.1, 0.15) is 11.6 Å². The van der Waals surface area contributed by atoms with Crippen LogP contribution < -0.4 is 17.1 Å². The Morgan fingerprint density at radius 3 is 2.39 bits per heavy atom. The van der Waals surface area contributed by atoms with Crippen LogP contribution in [0.4, 0.5) is 0 Å². The maximum Gasteiger partial charge on any atom is 0.140 e. The third-order valence-electron chi connectivity index (χ3n) is 4.26. The first-order valence-corrected chi connectivity index (χ1v) is 7.66. The molecule has 1 aromatic heterocycles. The minimum atomic E-state index is 0. The Morgan fingerprint density at radius 2 is 1.70 bits per heavy atom. The summed E-state index contributed by atoms with van der Waals surface area (Å²) in [5.41, 5.74) is 4.81. The molecule has 4 rings (SSSR count). The summed E-state index contributed by atoms with van der Waals surface area (Å²) >= 11 is 0. The molecule has 3 nitrogen and oxygen atoms in total. The number of aromatic nitrogens is 2. The number of rotatable bonds is 3. The van der Waals surface area contributed by atoms with Crippen LogP contribution in [-0.2, 0) is 13.0 Å². The van der Waals surface area contributed by atoms with E-state index in [4.69, 9.17) is 9.72 Å². The molecule has 0 saturated carbocycles. The van der Waals surface area contributed by atoms with Crippen LogP contribution in [0.5, 0.6) is 5.75 Å². The fourth-order valence-electron chi connectivity index (χ4n) is 3.17. The van der Waals surface area contributed by atoms with E-state index in [9.17, 15) is 0 Å². The van der Waals surface area contributed by atoms with Crippen molar-refractivity contribution < 1.29 is 17.1 Å². The third kappa shape index (κ3) is 2.73. The summed E-state index contributed by atoms with van der Waals surface area (Å²) in [6.07, 6.45) is 2.29. The van der Waals surface area contributed by atoms with E-state index in [0.29, 0.717) is 0 Å². The Hall–Kier alpha value is -2.26. The summed E-state index contributed by atoms with van der Waals surface area (Å²) in [5, 5.41) is 0. The lowest BCUT2D eigenvalue weighted by molar-refractivity contribution is -0.00000474. The van der Waals surface area contributed by atoms with Gasteiger partial charge in [-0.2, -0.15) is 0 Å². The van der Waals surface area contributed by atoms with Gasteiger partial charge in [-0.25, -0.2) is 4.98 Å². The van der Waals surface area contributed by atoms with Crippen molar-refractivity contribution in [3.05, 3.63) is 60.3 Å². The summed E-state index contributed by atoms with van der Waals surface area (Å²) in [7, 11) is 1.69. The Balaban J connectivity index is 0.00000156. The molecule has 4 heteroatoms. The highest BCUT2D eigenvalue weighted by Crippen LogP contribution is 2.34. The number of halogens is 1. The van der Waals surface area contributed by atoms with Gasteiger partial charge < -0.3 is 21.7 Å². The van der Waals surface area contributed by atoms with E-state index in [2.05, 4.69) is 41.0 Å². The van der Waals surface area contributed by atoms with Crippen LogP contribution in [0.1, 0.15) is 12.1 Å². The number of methoxy groups -OCH3 is 1. The fraction of sp³-hybridized carbons (Fsp3) is 0.211. The number of hydrogen-bond donors (Lipinski definition) is 0. The van der Waals surface area contributed by atoms with Gasteiger partial charge in [-0.05, 0) is 37.1 Å². The highest BCUT2D eigenvalue weighted by atomic mass is 35.5. The predicted molar refractivity (Wildman–Crippen MR) is 88.0 cm³/mol. The second-order valence-corrected chi connectivity index (χ2v) is 5.58. The van der Waals surface area contributed by atoms with Gasteiger partial charge in [0.2, 0.25) is 0 Å². The highest BCUT2D eigenvalue weighted by molar-refractivity contribution is 5.69. The molecule has 0 aliphatic carbocycles. The molecule has 2 heterocycles. The van der Waals surface area contributed by atoms with E-state index < -0.39 is 0 Å². The molecule has 118 valence electrons. The van der Waals surface area contributed by atoms with Gasteiger partial charge in [-0.15, -0.1) is 0 Å². The lowest BCUT2D eigenvalue weighted by Gasteiger charge is -2.03. The molecule has 0 bridgehead atoms. The number of imidazole rings is 1. The summed E-state index contributed by atoms with van der Waals surface area (Å²) in [6.45, 7) is 1.06. The Kier molecular flexibility index (Phi) is 4.39. The van der Waals surface area contributed by atoms with E-state index in [1.165, 1.54) is 17.7 Å². The van der Waals surface area contributed by atoms with Crippen LogP contribution in [0.25, 0.3) is 22.6 Å². The first-order valence-electron chi connectivity index (χ1n) is 7.66. The van der Waals surface area contributed by atoms with Crippen molar-refractivity contribution in [1.29, 1.82) is 0 Å². The average Bonchev–Trinajstić information content (AvgIpc) is 3.18. The molecule has 0 N–H and O–H groups in total. The molecular formula is C19H18ClN2O-. The predicted octanol–water partition coefficient (Wildman–Crippen LogP) is 1.18. The molecule has 1 aliphatic heterocycles.